The number of rotatable bonds is 7. The molecule has 0 aliphatic rings. The van der Waals surface area contributed by atoms with E-state index in [0.717, 1.165) is 11.3 Å². The molecule has 0 saturated carbocycles. The third kappa shape index (κ3) is 5.31. The molecule has 27 heavy (non-hydrogen) atoms. The van der Waals surface area contributed by atoms with E-state index in [1.54, 1.807) is 43.5 Å². The topological polar surface area (TPSA) is 47.6 Å². The quantitative estimate of drug-likeness (QED) is 0.626. The van der Waals surface area contributed by atoms with Gasteiger partial charge in [0, 0.05) is 12.5 Å². The van der Waals surface area contributed by atoms with Crippen molar-refractivity contribution in [3.63, 3.8) is 0 Å². The highest BCUT2D eigenvalue weighted by Crippen LogP contribution is 2.29. The second-order valence-electron chi connectivity index (χ2n) is 5.95. The molecule has 0 spiro atoms. The lowest BCUT2D eigenvalue weighted by molar-refractivity contribution is -0.116. The first-order valence-electron chi connectivity index (χ1n) is 8.59. The maximum absolute atomic E-state index is 13.3. The average molecular weight is 365 g/mol. The highest BCUT2D eigenvalue weighted by atomic mass is 19.1. The van der Waals surface area contributed by atoms with Gasteiger partial charge in [-0.1, -0.05) is 30.3 Å². The molecule has 1 N–H and O–H groups in total. The average Bonchev–Trinajstić information content (AvgIpc) is 2.68. The number of aryl methyl sites for hydroxylation is 1. The zero-order chi connectivity index (χ0) is 19.1. The van der Waals surface area contributed by atoms with Gasteiger partial charge in [-0.25, -0.2) is 4.39 Å². The number of para-hydroxylation sites is 2. The molecule has 4 nitrogen and oxygen atoms in total. The molecule has 1 amide bonds. The minimum atomic E-state index is -0.381. The number of carbonyl (C=O) groups is 1. The summed E-state index contributed by atoms with van der Waals surface area (Å²) in [4.78, 5) is 12.3. The van der Waals surface area contributed by atoms with E-state index < -0.39 is 0 Å². The Labute approximate surface area is 157 Å². The molecule has 3 aromatic rings. The van der Waals surface area contributed by atoms with Crippen LogP contribution in [0.15, 0.2) is 72.8 Å². The van der Waals surface area contributed by atoms with Crippen LogP contribution in [0, 0.1) is 5.82 Å². The van der Waals surface area contributed by atoms with Crippen molar-refractivity contribution >= 4 is 11.6 Å². The number of carbonyl (C=O) groups excluding carboxylic acids is 1. The fourth-order valence-electron chi connectivity index (χ4n) is 2.58. The summed E-state index contributed by atoms with van der Waals surface area (Å²) in [5.74, 6) is 1.11. The minimum Gasteiger partial charge on any atom is -0.497 e. The van der Waals surface area contributed by atoms with Gasteiger partial charge >= 0.3 is 0 Å². The van der Waals surface area contributed by atoms with Crippen LogP contribution in [0.2, 0.25) is 0 Å². The Morgan fingerprint density at radius 3 is 2.48 bits per heavy atom. The van der Waals surface area contributed by atoms with E-state index in [2.05, 4.69) is 5.32 Å². The third-order valence-corrected chi connectivity index (χ3v) is 3.98. The van der Waals surface area contributed by atoms with E-state index in [0.29, 0.717) is 30.0 Å². The summed E-state index contributed by atoms with van der Waals surface area (Å²) in [5, 5.41) is 2.86. The van der Waals surface area contributed by atoms with Crippen LogP contribution in [0.4, 0.5) is 10.1 Å². The van der Waals surface area contributed by atoms with Crippen LogP contribution in [0.1, 0.15) is 12.0 Å². The number of methoxy groups -OCH3 is 1. The van der Waals surface area contributed by atoms with Crippen molar-refractivity contribution in [2.24, 2.45) is 0 Å². The number of anilines is 1. The van der Waals surface area contributed by atoms with Gasteiger partial charge in [-0.15, -0.1) is 0 Å². The molecular weight excluding hydrogens is 345 g/mol. The number of nitrogens with one attached hydrogen (secondary N) is 1. The smallest absolute Gasteiger partial charge is 0.224 e. The van der Waals surface area contributed by atoms with Crippen LogP contribution in [0.3, 0.4) is 0 Å². The standard InChI is InChI=1S/C22H20FNO3/c1-26-18-12-9-16(10-13-18)11-14-22(25)24-20-7-2-3-8-21(20)27-19-6-4-5-17(23)15-19/h2-10,12-13,15H,11,14H2,1H3,(H,24,25). The molecule has 5 heteroatoms. The summed E-state index contributed by atoms with van der Waals surface area (Å²) in [5.41, 5.74) is 1.59. The summed E-state index contributed by atoms with van der Waals surface area (Å²) >= 11 is 0. The van der Waals surface area contributed by atoms with Crippen molar-refractivity contribution in [2.45, 2.75) is 12.8 Å². The van der Waals surface area contributed by atoms with Crippen LogP contribution in [0.5, 0.6) is 17.2 Å². The summed E-state index contributed by atoms with van der Waals surface area (Å²) in [6.07, 6.45) is 0.948. The van der Waals surface area contributed by atoms with Gasteiger partial charge in [-0.05, 0) is 48.4 Å². The van der Waals surface area contributed by atoms with Crippen molar-refractivity contribution in [3.8, 4) is 17.2 Å². The summed E-state index contributed by atoms with van der Waals surface area (Å²) in [6.45, 7) is 0. The van der Waals surface area contributed by atoms with Gasteiger partial charge < -0.3 is 14.8 Å². The SMILES string of the molecule is COc1ccc(CCC(=O)Nc2ccccc2Oc2cccc(F)c2)cc1. The molecule has 0 aliphatic carbocycles. The van der Waals surface area contributed by atoms with Crippen molar-refractivity contribution < 1.29 is 18.7 Å². The molecule has 3 rings (SSSR count). The lowest BCUT2D eigenvalue weighted by Crippen LogP contribution is -2.13. The second-order valence-corrected chi connectivity index (χ2v) is 5.95. The molecule has 0 unspecified atom stereocenters. The Morgan fingerprint density at radius 1 is 0.963 bits per heavy atom. The molecule has 0 radical (unpaired) electrons. The normalized spacial score (nSPS) is 10.3. The van der Waals surface area contributed by atoms with Crippen LogP contribution in [-0.2, 0) is 11.2 Å². The molecule has 138 valence electrons. The minimum absolute atomic E-state index is 0.124. The number of amides is 1. The van der Waals surface area contributed by atoms with E-state index in [-0.39, 0.29) is 11.7 Å². The molecule has 0 fully saturated rings. The Kier molecular flexibility index (Phi) is 6.05. The van der Waals surface area contributed by atoms with E-state index in [1.807, 2.05) is 24.3 Å². The maximum Gasteiger partial charge on any atom is 0.224 e. The molecule has 0 heterocycles. The second kappa shape index (κ2) is 8.85. The summed E-state index contributed by atoms with van der Waals surface area (Å²) < 4.78 is 24.2. The number of hydrogen-bond acceptors (Lipinski definition) is 3. The van der Waals surface area contributed by atoms with E-state index >= 15 is 0 Å². The Hall–Kier alpha value is -3.34. The summed E-state index contributed by atoms with van der Waals surface area (Å²) in [6, 6.07) is 20.6. The summed E-state index contributed by atoms with van der Waals surface area (Å²) in [7, 11) is 1.62. The van der Waals surface area contributed by atoms with Crippen molar-refractivity contribution in [3.05, 3.63) is 84.2 Å². The van der Waals surface area contributed by atoms with Gasteiger partial charge in [0.1, 0.15) is 17.3 Å². The predicted octanol–water partition coefficient (Wildman–Crippen LogP) is 5.20. The molecule has 3 aromatic carbocycles. The molecular formula is C22H20FNO3. The van der Waals surface area contributed by atoms with Gasteiger partial charge in [0.05, 0.1) is 12.8 Å². The zero-order valence-corrected chi connectivity index (χ0v) is 14.9. The van der Waals surface area contributed by atoms with Gasteiger partial charge in [-0.2, -0.15) is 0 Å². The monoisotopic (exact) mass is 365 g/mol. The molecule has 0 bridgehead atoms. The van der Waals surface area contributed by atoms with Crippen molar-refractivity contribution in [1.29, 1.82) is 0 Å². The third-order valence-electron chi connectivity index (χ3n) is 3.98. The Bertz CT molecular complexity index is 909. The highest BCUT2D eigenvalue weighted by molar-refractivity contribution is 5.92. The highest BCUT2D eigenvalue weighted by Gasteiger charge is 2.09. The number of ether oxygens (including phenoxy) is 2. The van der Waals surface area contributed by atoms with Gasteiger partial charge in [-0.3, -0.25) is 4.79 Å². The first-order chi connectivity index (χ1) is 13.1. The maximum atomic E-state index is 13.3. The van der Waals surface area contributed by atoms with E-state index in [4.69, 9.17) is 9.47 Å². The number of hydrogen-bond donors (Lipinski definition) is 1. The number of halogens is 1. The van der Waals surface area contributed by atoms with Crippen LogP contribution >= 0.6 is 0 Å². The van der Waals surface area contributed by atoms with E-state index in [1.165, 1.54) is 12.1 Å². The molecule has 0 aliphatic heterocycles. The zero-order valence-electron chi connectivity index (χ0n) is 14.9. The first kappa shape index (κ1) is 18.5. The Morgan fingerprint density at radius 2 is 1.74 bits per heavy atom. The van der Waals surface area contributed by atoms with Gasteiger partial charge in [0.15, 0.2) is 5.75 Å². The van der Waals surface area contributed by atoms with Crippen LogP contribution < -0.4 is 14.8 Å². The van der Waals surface area contributed by atoms with E-state index in [9.17, 15) is 9.18 Å². The largest absolute Gasteiger partial charge is 0.497 e. The number of benzene rings is 3. The lowest BCUT2D eigenvalue weighted by Gasteiger charge is -2.12. The van der Waals surface area contributed by atoms with Crippen LogP contribution in [-0.4, -0.2) is 13.0 Å². The van der Waals surface area contributed by atoms with Crippen molar-refractivity contribution in [1.82, 2.24) is 0 Å². The predicted molar refractivity (Wildman–Crippen MR) is 103 cm³/mol. The first-order valence-corrected chi connectivity index (χ1v) is 8.59. The Balaban J connectivity index is 1.62. The lowest BCUT2D eigenvalue weighted by atomic mass is 10.1. The van der Waals surface area contributed by atoms with Crippen LogP contribution in [0.25, 0.3) is 0 Å². The van der Waals surface area contributed by atoms with Gasteiger partial charge in [0.25, 0.3) is 0 Å². The molecule has 0 atom stereocenters. The molecule has 0 saturated heterocycles. The molecule has 0 aromatic heterocycles. The fourth-order valence-corrected chi connectivity index (χ4v) is 2.58. The van der Waals surface area contributed by atoms with Crippen molar-refractivity contribution in [2.75, 3.05) is 12.4 Å². The fraction of sp³-hybridized carbons (Fsp3) is 0.136. The van der Waals surface area contributed by atoms with Gasteiger partial charge in [0.2, 0.25) is 5.91 Å².